The minimum atomic E-state index is -0.330. The maximum absolute atomic E-state index is 14.4. The minimum absolute atomic E-state index is 0.141. The van der Waals surface area contributed by atoms with Gasteiger partial charge in [0.15, 0.2) is 23.0 Å². The Kier molecular flexibility index (Phi) is 6.10. The number of nitrogens with zero attached hydrogens (tertiary/aromatic N) is 3. The molecular weight excluding hydrogens is 475 g/mol. The molecule has 0 saturated heterocycles. The van der Waals surface area contributed by atoms with Crippen molar-refractivity contribution < 1.29 is 23.4 Å². The molecule has 1 N–H and O–H groups in total. The van der Waals surface area contributed by atoms with Gasteiger partial charge in [-0.15, -0.1) is 0 Å². The van der Waals surface area contributed by atoms with Crippen molar-refractivity contribution in [1.82, 2.24) is 14.5 Å². The quantitative estimate of drug-likeness (QED) is 0.404. The number of hydrogen-bond acceptors (Lipinski definition) is 6. The third kappa shape index (κ3) is 4.67. The molecule has 0 saturated carbocycles. The van der Waals surface area contributed by atoms with Crippen molar-refractivity contribution in [2.45, 2.75) is 19.7 Å². The highest BCUT2D eigenvalue weighted by Gasteiger charge is 2.30. The third-order valence-electron chi connectivity index (χ3n) is 6.43. The van der Waals surface area contributed by atoms with Crippen LogP contribution in [0.3, 0.4) is 0 Å². The summed E-state index contributed by atoms with van der Waals surface area (Å²) in [5.41, 5.74) is 1.92. The van der Waals surface area contributed by atoms with Gasteiger partial charge in [0, 0.05) is 37.8 Å². The van der Waals surface area contributed by atoms with E-state index in [0.717, 1.165) is 5.56 Å². The molecule has 0 atom stereocenters. The van der Waals surface area contributed by atoms with Gasteiger partial charge >= 0.3 is 0 Å². The number of anilines is 1. The average Bonchev–Trinajstić information content (AvgIpc) is 3.48. The zero-order valence-corrected chi connectivity index (χ0v) is 20.0. The van der Waals surface area contributed by atoms with Crippen molar-refractivity contribution >= 4 is 11.7 Å². The summed E-state index contributed by atoms with van der Waals surface area (Å²) in [5.74, 6) is 2.47. The van der Waals surface area contributed by atoms with Crippen LogP contribution in [-0.4, -0.2) is 40.2 Å². The number of carbonyl (C=O) groups excluding carboxylic acids is 1. The van der Waals surface area contributed by atoms with E-state index < -0.39 is 0 Å². The molecule has 8 nitrogen and oxygen atoms in total. The molecule has 0 bridgehead atoms. The second-order valence-electron chi connectivity index (χ2n) is 8.85. The Balaban J connectivity index is 1.32. The van der Waals surface area contributed by atoms with Gasteiger partial charge in [-0.05, 0) is 23.8 Å². The number of ether oxygens (including phenoxy) is 3. The maximum atomic E-state index is 14.4. The Labute approximate surface area is 213 Å². The lowest BCUT2D eigenvalue weighted by Crippen LogP contribution is -2.34. The molecule has 0 radical (unpaired) electrons. The number of amides is 1. The van der Waals surface area contributed by atoms with Crippen LogP contribution in [0.1, 0.15) is 27.4 Å². The topological polar surface area (TPSA) is 77.8 Å². The summed E-state index contributed by atoms with van der Waals surface area (Å²) in [6.45, 7) is 1.86. The maximum Gasteiger partial charge on any atom is 0.274 e. The van der Waals surface area contributed by atoms with Gasteiger partial charge in [-0.25, -0.2) is 9.37 Å². The van der Waals surface area contributed by atoms with Gasteiger partial charge in [0.2, 0.25) is 6.79 Å². The van der Waals surface area contributed by atoms with E-state index in [1.165, 1.54) is 6.07 Å². The normalized spacial score (nSPS) is 14.2. The Bertz CT molecular complexity index is 1440. The monoisotopic (exact) mass is 500 g/mol. The van der Waals surface area contributed by atoms with E-state index in [2.05, 4.69) is 5.32 Å². The summed E-state index contributed by atoms with van der Waals surface area (Å²) < 4.78 is 33.1. The summed E-state index contributed by atoms with van der Waals surface area (Å²) >= 11 is 0. The number of imidazole rings is 1. The summed E-state index contributed by atoms with van der Waals surface area (Å²) in [6, 6.07) is 21.8. The first kappa shape index (κ1) is 22.9. The molecular formula is C28H25FN4O4. The van der Waals surface area contributed by atoms with Crippen LogP contribution in [0.4, 0.5) is 10.2 Å². The van der Waals surface area contributed by atoms with Gasteiger partial charge in [0.1, 0.15) is 24.0 Å². The number of hydrogen-bond donors (Lipinski definition) is 1. The summed E-state index contributed by atoms with van der Waals surface area (Å²) in [4.78, 5) is 20.2. The third-order valence-corrected chi connectivity index (χ3v) is 6.43. The van der Waals surface area contributed by atoms with E-state index in [-0.39, 0.29) is 31.7 Å². The molecule has 2 aliphatic rings. The van der Waals surface area contributed by atoms with Crippen molar-refractivity contribution in [2.24, 2.45) is 0 Å². The first-order chi connectivity index (χ1) is 18.2. The zero-order valence-electron chi connectivity index (χ0n) is 20.0. The highest BCUT2D eigenvalue weighted by atomic mass is 19.1. The van der Waals surface area contributed by atoms with E-state index in [4.69, 9.17) is 19.2 Å². The predicted molar refractivity (Wildman–Crippen MR) is 134 cm³/mol. The van der Waals surface area contributed by atoms with Crippen LogP contribution in [0.5, 0.6) is 17.2 Å². The van der Waals surface area contributed by atoms with Crippen LogP contribution < -0.4 is 19.5 Å². The van der Waals surface area contributed by atoms with Crippen LogP contribution in [0.15, 0.2) is 72.8 Å². The molecule has 3 aromatic carbocycles. The fourth-order valence-electron chi connectivity index (χ4n) is 4.54. The van der Waals surface area contributed by atoms with Crippen LogP contribution >= 0.6 is 0 Å². The molecule has 0 unspecified atom stereocenters. The lowest BCUT2D eigenvalue weighted by molar-refractivity contribution is 0.0743. The molecule has 6 rings (SSSR count). The first-order valence-corrected chi connectivity index (χ1v) is 12.1. The van der Waals surface area contributed by atoms with Crippen molar-refractivity contribution in [3.05, 3.63) is 101 Å². The molecule has 9 heteroatoms. The Morgan fingerprint density at radius 1 is 0.973 bits per heavy atom. The molecule has 0 aliphatic carbocycles. The van der Waals surface area contributed by atoms with E-state index >= 15 is 0 Å². The van der Waals surface area contributed by atoms with Gasteiger partial charge < -0.3 is 29.0 Å². The van der Waals surface area contributed by atoms with Crippen molar-refractivity contribution in [3.63, 3.8) is 0 Å². The second-order valence-corrected chi connectivity index (χ2v) is 8.85. The number of nitrogens with one attached hydrogen (secondary N) is 1. The van der Waals surface area contributed by atoms with Gasteiger partial charge in [0.25, 0.3) is 5.91 Å². The summed E-state index contributed by atoms with van der Waals surface area (Å²) in [5, 5.41) is 3.28. The molecule has 1 aromatic heterocycles. The van der Waals surface area contributed by atoms with E-state index in [9.17, 15) is 9.18 Å². The number of benzene rings is 3. The van der Waals surface area contributed by atoms with Crippen LogP contribution in [0.25, 0.3) is 0 Å². The van der Waals surface area contributed by atoms with Crippen molar-refractivity contribution in [1.29, 1.82) is 0 Å². The molecule has 4 aromatic rings. The first-order valence-electron chi connectivity index (χ1n) is 12.1. The lowest BCUT2D eigenvalue weighted by atomic mass is 10.2. The highest BCUT2D eigenvalue weighted by molar-refractivity contribution is 5.98. The van der Waals surface area contributed by atoms with Gasteiger partial charge in [-0.1, -0.05) is 48.5 Å². The standard InChI is InChI=1S/C28H25FN4O4/c29-22-9-5-4-8-20(22)16-32-13-12-30-27-26(28(32)34)33(15-19-6-2-1-3-7-19)25(31-27)17-35-21-10-11-23-24(14-21)37-18-36-23/h1-11,14,30H,12-13,15-18H2. The number of rotatable bonds is 7. The van der Waals surface area contributed by atoms with Crippen molar-refractivity contribution in [3.8, 4) is 17.2 Å². The Hall–Kier alpha value is -4.53. The number of carbonyl (C=O) groups is 1. The average molecular weight is 501 g/mol. The van der Waals surface area contributed by atoms with Crippen LogP contribution in [-0.2, 0) is 19.7 Å². The van der Waals surface area contributed by atoms with Gasteiger partial charge in [0.05, 0.1) is 0 Å². The van der Waals surface area contributed by atoms with Gasteiger partial charge in [-0.2, -0.15) is 0 Å². The molecule has 188 valence electrons. The number of fused-ring (bicyclic) bond motifs is 2. The second kappa shape index (κ2) is 9.85. The minimum Gasteiger partial charge on any atom is -0.486 e. The smallest absolute Gasteiger partial charge is 0.274 e. The molecule has 37 heavy (non-hydrogen) atoms. The van der Waals surface area contributed by atoms with E-state index in [1.807, 2.05) is 41.0 Å². The molecule has 1 amide bonds. The molecule has 0 fully saturated rings. The number of halogens is 1. The summed E-state index contributed by atoms with van der Waals surface area (Å²) in [6.07, 6.45) is 0. The largest absolute Gasteiger partial charge is 0.486 e. The fourth-order valence-corrected chi connectivity index (χ4v) is 4.54. The Morgan fingerprint density at radius 2 is 1.78 bits per heavy atom. The van der Waals surface area contributed by atoms with E-state index in [1.54, 1.807) is 35.2 Å². The van der Waals surface area contributed by atoms with Crippen LogP contribution in [0, 0.1) is 5.82 Å². The van der Waals surface area contributed by atoms with E-state index in [0.29, 0.717) is 59.8 Å². The van der Waals surface area contributed by atoms with Crippen LogP contribution in [0.2, 0.25) is 0 Å². The number of aromatic nitrogens is 2. The zero-order chi connectivity index (χ0) is 25.2. The predicted octanol–water partition coefficient (Wildman–Crippen LogP) is 4.45. The fraction of sp³-hybridized carbons (Fsp3) is 0.214. The SMILES string of the molecule is O=C1c2c(nc(COc3ccc4c(c3)OCO4)n2Cc2ccccc2)NCCN1Cc1ccccc1F. The molecule has 3 heterocycles. The molecule has 0 spiro atoms. The Morgan fingerprint density at radius 3 is 2.65 bits per heavy atom. The van der Waals surface area contributed by atoms with Crippen molar-refractivity contribution in [2.75, 3.05) is 25.2 Å². The summed E-state index contributed by atoms with van der Waals surface area (Å²) in [7, 11) is 0. The molecule has 2 aliphatic heterocycles. The lowest BCUT2D eigenvalue weighted by Gasteiger charge is -2.22. The van der Waals surface area contributed by atoms with Gasteiger partial charge in [-0.3, -0.25) is 4.79 Å². The highest BCUT2D eigenvalue weighted by Crippen LogP contribution is 2.35.